The predicted molar refractivity (Wildman–Crippen MR) is 146 cm³/mol. The summed E-state index contributed by atoms with van der Waals surface area (Å²) >= 11 is 14.5. The molecular formula is C28H30Cl2N2O2S. The van der Waals surface area contributed by atoms with Gasteiger partial charge in [-0.15, -0.1) is 11.8 Å². The number of halogens is 2. The van der Waals surface area contributed by atoms with Gasteiger partial charge in [-0.05, 0) is 36.2 Å². The lowest BCUT2D eigenvalue weighted by atomic mass is 10.0. The molecule has 2 amide bonds. The fourth-order valence-corrected chi connectivity index (χ4v) is 5.07. The van der Waals surface area contributed by atoms with Gasteiger partial charge in [-0.3, -0.25) is 9.59 Å². The van der Waals surface area contributed by atoms with E-state index in [9.17, 15) is 9.59 Å². The van der Waals surface area contributed by atoms with Gasteiger partial charge < -0.3 is 10.2 Å². The maximum atomic E-state index is 13.6. The first-order valence-electron chi connectivity index (χ1n) is 11.7. The lowest BCUT2D eigenvalue weighted by Crippen LogP contribution is -2.50. The minimum absolute atomic E-state index is 0.114. The molecule has 0 fully saturated rings. The Morgan fingerprint density at radius 3 is 2.17 bits per heavy atom. The summed E-state index contributed by atoms with van der Waals surface area (Å²) in [5.41, 5.74) is 1.62. The topological polar surface area (TPSA) is 49.4 Å². The summed E-state index contributed by atoms with van der Waals surface area (Å²) in [6.07, 6.45) is 1.49. The summed E-state index contributed by atoms with van der Waals surface area (Å²) < 4.78 is 0. The first kappa shape index (κ1) is 27.1. The molecule has 0 aliphatic carbocycles. The highest BCUT2D eigenvalue weighted by Crippen LogP contribution is 2.28. The zero-order chi connectivity index (χ0) is 25.0. The van der Waals surface area contributed by atoms with Gasteiger partial charge in [-0.25, -0.2) is 0 Å². The van der Waals surface area contributed by atoms with Crippen molar-refractivity contribution in [3.05, 3.63) is 100 Å². The SMILES string of the molecule is CCCNC(=O)[C@H](Cc1ccccc1)N(Cc1c(Cl)cccc1Cl)C(=O)CCSc1ccccc1. The third kappa shape index (κ3) is 8.31. The smallest absolute Gasteiger partial charge is 0.243 e. The largest absolute Gasteiger partial charge is 0.354 e. The molecular weight excluding hydrogens is 499 g/mol. The van der Waals surface area contributed by atoms with E-state index in [-0.39, 0.29) is 24.8 Å². The Balaban J connectivity index is 1.88. The van der Waals surface area contributed by atoms with Crippen LogP contribution in [0, 0.1) is 0 Å². The Morgan fingerprint density at radius 1 is 0.914 bits per heavy atom. The van der Waals surface area contributed by atoms with Crippen LogP contribution in [0.25, 0.3) is 0 Å². The maximum absolute atomic E-state index is 13.6. The second-order valence-electron chi connectivity index (χ2n) is 8.13. The summed E-state index contributed by atoms with van der Waals surface area (Å²) in [6.45, 7) is 2.70. The van der Waals surface area contributed by atoms with Crippen molar-refractivity contribution < 1.29 is 9.59 Å². The minimum atomic E-state index is -0.689. The molecule has 0 aliphatic rings. The van der Waals surface area contributed by atoms with Crippen molar-refractivity contribution in [3.8, 4) is 0 Å². The van der Waals surface area contributed by atoms with Crippen LogP contribution in [0.15, 0.2) is 83.8 Å². The number of carbonyl (C=O) groups is 2. The molecule has 0 saturated heterocycles. The van der Waals surface area contributed by atoms with Crippen molar-refractivity contribution in [2.75, 3.05) is 12.3 Å². The lowest BCUT2D eigenvalue weighted by Gasteiger charge is -2.32. The van der Waals surface area contributed by atoms with Crippen molar-refractivity contribution >= 4 is 46.8 Å². The van der Waals surface area contributed by atoms with E-state index in [0.717, 1.165) is 16.9 Å². The van der Waals surface area contributed by atoms with E-state index in [2.05, 4.69) is 5.32 Å². The molecule has 0 unspecified atom stereocenters. The monoisotopic (exact) mass is 528 g/mol. The third-order valence-electron chi connectivity index (χ3n) is 5.54. The predicted octanol–water partition coefficient (Wildman–Crippen LogP) is 6.64. The standard InChI is InChI=1S/C28H30Cl2N2O2S/c1-2-17-31-28(34)26(19-21-10-5-3-6-11-21)32(20-23-24(29)14-9-15-25(23)30)27(33)16-18-35-22-12-7-4-8-13-22/h3-15,26H,2,16-20H2,1H3,(H,31,34)/t26-/m0/s1. The number of hydrogen-bond donors (Lipinski definition) is 1. The van der Waals surface area contributed by atoms with E-state index in [4.69, 9.17) is 23.2 Å². The summed E-state index contributed by atoms with van der Waals surface area (Å²) in [5, 5.41) is 3.93. The number of nitrogens with zero attached hydrogens (tertiary/aromatic N) is 1. The van der Waals surface area contributed by atoms with Gasteiger partial charge in [0.15, 0.2) is 0 Å². The van der Waals surface area contributed by atoms with E-state index in [0.29, 0.717) is 34.3 Å². The first-order valence-corrected chi connectivity index (χ1v) is 13.5. The average Bonchev–Trinajstić information content (AvgIpc) is 2.87. The Hall–Kier alpha value is -2.47. The second-order valence-corrected chi connectivity index (χ2v) is 10.1. The van der Waals surface area contributed by atoms with E-state index in [1.165, 1.54) is 0 Å². The number of hydrogen-bond acceptors (Lipinski definition) is 3. The fourth-order valence-electron chi connectivity index (χ4n) is 3.69. The molecule has 3 rings (SSSR count). The first-order chi connectivity index (χ1) is 17.0. The molecule has 1 atom stereocenters. The molecule has 35 heavy (non-hydrogen) atoms. The number of nitrogens with one attached hydrogen (secondary N) is 1. The van der Waals surface area contributed by atoms with Crippen LogP contribution < -0.4 is 5.32 Å². The van der Waals surface area contributed by atoms with Crippen molar-refractivity contribution in [2.45, 2.75) is 43.7 Å². The molecule has 0 saturated carbocycles. The molecule has 3 aromatic carbocycles. The lowest BCUT2D eigenvalue weighted by molar-refractivity contribution is -0.141. The molecule has 7 heteroatoms. The highest BCUT2D eigenvalue weighted by atomic mass is 35.5. The Labute approximate surface area is 222 Å². The van der Waals surface area contributed by atoms with Gasteiger partial charge in [0.2, 0.25) is 11.8 Å². The van der Waals surface area contributed by atoms with Crippen molar-refractivity contribution in [1.82, 2.24) is 10.2 Å². The summed E-state index contributed by atoms with van der Waals surface area (Å²) in [5.74, 6) is 0.310. The molecule has 0 spiro atoms. The van der Waals surface area contributed by atoms with Gasteiger partial charge in [-0.1, -0.05) is 84.7 Å². The molecule has 1 N–H and O–H groups in total. The zero-order valence-electron chi connectivity index (χ0n) is 19.8. The highest BCUT2D eigenvalue weighted by molar-refractivity contribution is 7.99. The Bertz CT molecular complexity index is 1080. The molecule has 0 aliphatic heterocycles. The number of rotatable bonds is 12. The van der Waals surface area contributed by atoms with E-state index in [1.807, 2.05) is 67.6 Å². The molecule has 0 radical (unpaired) electrons. The van der Waals surface area contributed by atoms with Crippen LogP contribution in [0.3, 0.4) is 0 Å². The molecule has 184 valence electrons. The molecule has 4 nitrogen and oxygen atoms in total. The maximum Gasteiger partial charge on any atom is 0.243 e. The quantitative estimate of drug-likeness (QED) is 0.268. The summed E-state index contributed by atoms with van der Waals surface area (Å²) in [6, 6.07) is 24.3. The van der Waals surface area contributed by atoms with Crippen LogP contribution >= 0.6 is 35.0 Å². The van der Waals surface area contributed by atoms with Crippen molar-refractivity contribution in [1.29, 1.82) is 0 Å². The van der Waals surface area contributed by atoms with E-state index in [1.54, 1.807) is 34.9 Å². The van der Waals surface area contributed by atoms with E-state index < -0.39 is 6.04 Å². The third-order valence-corrected chi connectivity index (χ3v) is 7.26. The van der Waals surface area contributed by atoms with Crippen molar-refractivity contribution in [3.63, 3.8) is 0 Å². The van der Waals surface area contributed by atoms with Crippen LogP contribution in [0.4, 0.5) is 0 Å². The molecule has 0 heterocycles. The number of thioether (sulfide) groups is 1. The number of carbonyl (C=O) groups excluding carboxylic acids is 2. The average molecular weight is 530 g/mol. The van der Waals surface area contributed by atoms with Gasteiger partial charge in [0, 0.05) is 52.2 Å². The van der Waals surface area contributed by atoms with E-state index >= 15 is 0 Å². The van der Waals surface area contributed by atoms with Gasteiger partial charge in [0.25, 0.3) is 0 Å². The highest BCUT2D eigenvalue weighted by Gasteiger charge is 2.31. The normalized spacial score (nSPS) is 11.6. The number of amides is 2. The molecule has 3 aromatic rings. The van der Waals surface area contributed by atoms with Crippen LogP contribution in [-0.4, -0.2) is 35.1 Å². The summed E-state index contributed by atoms with van der Waals surface area (Å²) in [4.78, 5) is 29.7. The Kier molecular flexibility index (Phi) is 11.0. The molecule has 0 bridgehead atoms. The Morgan fingerprint density at radius 2 is 1.54 bits per heavy atom. The van der Waals surface area contributed by atoms with Crippen molar-refractivity contribution in [2.24, 2.45) is 0 Å². The fraction of sp³-hybridized carbons (Fsp3) is 0.286. The zero-order valence-corrected chi connectivity index (χ0v) is 22.1. The minimum Gasteiger partial charge on any atom is -0.354 e. The number of benzene rings is 3. The van der Waals surface area contributed by atoms with Crippen LogP contribution in [0.1, 0.15) is 30.9 Å². The van der Waals surface area contributed by atoms with Gasteiger partial charge >= 0.3 is 0 Å². The van der Waals surface area contributed by atoms with Crippen LogP contribution in [0.2, 0.25) is 10.0 Å². The van der Waals surface area contributed by atoms with Gasteiger partial charge in [0.05, 0.1) is 0 Å². The second kappa shape index (κ2) is 14.2. The van der Waals surface area contributed by atoms with Crippen LogP contribution in [-0.2, 0) is 22.6 Å². The van der Waals surface area contributed by atoms with Gasteiger partial charge in [0.1, 0.15) is 6.04 Å². The van der Waals surface area contributed by atoms with Crippen LogP contribution in [0.5, 0.6) is 0 Å². The van der Waals surface area contributed by atoms with Gasteiger partial charge in [-0.2, -0.15) is 0 Å². The molecule has 0 aromatic heterocycles. The summed E-state index contributed by atoms with van der Waals surface area (Å²) in [7, 11) is 0.